The molecule has 9 nitrogen and oxygen atoms in total. The molecule has 3 aliphatic heterocycles. The van der Waals surface area contributed by atoms with E-state index < -0.39 is 31.6 Å². The molecule has 2 fully saturated rings. The third-order valence-corrected chi connectivity index (χ3v) is 11.6. The fourth-order valence-electron chi connectivity index (χ4n) is 6.98. The summed E-state index contributed by atoms with van der Waals surface area (Å²) in [6.07, 6.45) is 2.66. The van der Waals surface area contributed by atoms with E-state index in [-0.39, 0.29) is 25.0 Å². The first-order valence-electron chi connectivity index (χ1n) is 14.4. The Morgan fingerprint density at radius 3 is 2.71 bits per heavy atom. The van der Waals surface area contributed by atoms with Crippen LogP contribution in [-0.2, 0) is 39.4 Å². The zero-order chi connectivity index (χ0) is 29.8. The number of rotatable bonds is 9. The van der Waals surface area contributed by atoms with Crippen molar-refractivity contribution in [1.82, 2.24) is 15.0 Å². The van der Waals surface area contributed by atoms with Crippen molar-refractivity contribution in [3.63, 3.8) is 0 Å². The second kappa shape index (κ2) is 10.9. The zero-order valence-electron chi connectivity index (χ0n) is 24.0. The summed E-state index contributed by atoms with van der Waals surface area (Å²) in [6, 6.07) is 13.0. The number of fused-ring (bicyclic) bond motifs is 2. The number of nitrogens with zero attached hydrogens (tertiary/aromatic N) is 5. The molecule has 6 rings (SSSR count). The van der Waals surface area contributed by atoms with Gasteiger partial charge in [-0.3, -0.25) is 14.3 Å². The summed E-state index contributed by atoms with van der Waals surface area (Å²) in [7, 11) is -3.32. The fourth-order valence-corrected chi connectivity index (χ4v) is 9.69. The Morgan fingerprint density at radius 1 is 1.21 bits per heavy atom. The van der Waals surface area contributed by atoms with Gasteiger partial charge >= 0.3 is 0 Å². The van der Waals surface area contributed by atoms with Crippen LogP contribution in [0.25, 0.3) is 0 Å². The molecule has 0 bridgehead atoms. The quantitative estimate of drug-likeness (QED) is 0.215. The minimum Gasteiger partial charge on any atom is -0.396 e. The molecule has 2 saturated heterocycles. The summed E-state index contributed by atoms with van der Waals surface area (Å²) in [4.78, 5) is 30.0. The maximum atomic E-state index is 16.1. The predicted molar refractivity (Wildman–Crippen MR) is 160 cm³/mol. The van der Waals surface area contributed by atoms with Crippen LogP contribution in [0.1, 0.15) is 36.6 Å². The van der Waals surface area contributed by atoms with Gasteiger partial charge in [0.2, 0.25) is 14.3 Å². The van der Waals surface area contributed by atoms with E-state index in [1.54, 1.807) is 45.9 Å². The minimum absolute atomic E-state index is 0.0184. The van der Waals surface area contributed by atoms with Gasteiger partial charge in [-0.05, 0) is 55.4 Å². The Bertz CT molecular complexity index is 1530. The highest BCUT2D eigenvalue weighted by Gasteiger charge is 2.66. The van der Waals surface area contributed by atoms with Crippen LogP contribution in [0.5, 0.6) is 0 Å². The number of amides is 2. The predicted octanol–water partition coefficient (Wildman–Crippen LogP) is 4.62. The van der Waals surface area contributed by atoms with Gasteiger partial charge in [-0.25, -0.2) is 0 Å². The van der Waals surface area contributed by atoms with Crippen LogP contribution in [0.2, 0.25) is 23.7 Å². The maximum Gasteiger partial charge on any atom is 0.264 e. The van der Waals surface area contributed by atoms with Gasteiger partial charge < -0.3 is 23.8 Å². The van der Waals surface area contributed by atoms with Crippen LogP contribution in [-0.4, -0.2) is 59.6 Å². The molecule has 0 radical (unpaired) electrons. The van der Waals surface area contributed by atoms with E-state index in [2.05, 4.69) is 10.3 Å². The van der Waals surface area contributed by atoms with Gasteiger partial charge in [-0.1, -0.05) is 35.9 Å². The van der Waals surface area contributed by atoms with Gasteiger partial charge in [0.25, 0.3) is 5.91 Å². The topological polar surface area (TPSA) is 101 Å². The number of aromatic nitrogens is 3. The summed E-state index contributed by atoms with van der Waals surface area (Å²) >= 11 is 6.49. The lowest BCUT2D eigenvalue weighted by molar-refractivity contribution is -0.146. The summed E-state index contributed by atoms with van der Waals surface area (Å²) in [5, 5.41) is 17.9. The number of hydrogen-bond acceptors (Lipinski definition) is 6. The van der Waals surface area contributed by atoms with Crippen LogP contribution < -0.4 is 9.80 Å². The molecule has 1 spiro atoms. The first-order chi connectivity index (χ1) is 20.0. The number of aliphatic hydroxyl groups excluding tert-OH is 1. The third kappa shape index (κ3) is 4.86. The number of halogens is 2. The molecule has 3 aromatic rings. The van der Waals surface area contributed by atoms with E-state index in [1.165, 1.54) is 0 Å². The highest BCUT2D eigenvalue weighted by atomic mass is 35.5. The van der Waals surface area contributed by atoms with Crippen LogP contribution in [0.4, 0.5) is 15.5 Å². The highest BCUT2D eigenvalue weighted by Crippen LogP contribution is 2.60. The molecule has 0 aliphatic carbocycles. The van der Waals surface area contributed by atoms with Crippen molar-refractivity contribution < 1.29 is 23.5 Å². The van der Waals surface area contributed by atoms with Gasteiger partial charge in [-0.2, -0.15) is 0 Å². The van der Waals surface area contributed by atoms with Crippen molar-refractivity contribution in [2.75, 3.05) is 23.0 Å². The van der Waals surface area contributed by atoms with Gasteiger partial charge in [0, 0.05) is 66.5 Å². The first-order valence-corrected chi connectivity index (χ1v) is 17.7. The number of ether oxygens (including phenoxy) is 1. The maximum absolute atomic E-state index is 16.1. The molecule has 0 saturated carbocycles. The summed E-state index contributed by atoms with van der Waals surface area (Å²) < 4.78 is 24.6. The lowest BCUT2D eigenvalue weighted by Gasteiger charge is -2.32. The molecule has 1 aromatic heterocycles. The third-order valence-electron chi connectivity index (χ3n) is 8.93. The zero-order valence-corrected chi connectivity index (χ0v) is 25.7. The van der Waals surface area contributed by atoms with E-state index in [1.807, 2.05) is 37.3 Å². The van der Waals surface area contributed by atoms with Crippen LogP contribution >= 0.6 is 11.6 Å². The van der Waals surface area contributed by atoms with Crippen molar-refractivity contribution in [3.05, 3.63) is 70.5 Å². The van der Waals surface area contributed by atoms with Crippen LogP contribution in [0.15, 0.2) is 48.7 Å². The number of anilines is 2. The lowest BCUT2D eigenvalue weighted by Crippen LogP contribution is -2.45. The minimum atomic E-state index is -3.32. The lowest BCUT2D eigenvalue weighted by atomic mass is 9.82. The molecule has 2 aromatic carbocycles. The van der Waals surface area contributed by atoms with Crippen molar-refractivity contribution in [2.24, 2.45) is 5.92 Å². The normalized spacial score (nSPS) is 25.4. The average Bonchev–Trinajstić information content (AvgIpc) is 3.57. The van der Waals surface area contributed by atoms with Gasteiger partial charge in [0.15, 0.2) is 5.60 Å². The smallest absolute Gasteiger partial charge is 0.264 e. The van der Waals surface area contributed by atoms with Crippen LogP contribution in [0.3, 0.4) is 0 Å². The van der Waals surface area contributed by atoms with E-state index in [0.717, 1.165) is 11.3 Å². The molecule has 4 heterocycles. The molecule has 4 atom stereocenters. The monoisotopic (exact) mass is 611 g/mol. The number of carbonyl (C=O) groups excluding carboxylic acids is 2. The molecule has 1 N–H and O–H groups in total. The number of hydrogen-bond donors (Lipinski definition) is 1. The Morgan fingerprint density at radius 2 is 2.02 bits per heavy atom. The second-order valence-electron chi connectivity index (χ2n) is 12.0. The highest BCUT2D eigenvalue weighted by molar-refractivity contribution is 6.72. The number of β-lactam (4-membered cyclic amide) rings is 1. The van der Waals surface area contributed by atoms with Crippen molar-refractivity contribution in [2.45, 2.75) is 69.6 Å². The van der Waals surface area contributed by atoms with E-state index in [4.69, 9.17) is 16.3 Å². The van der Waals surface area contributed by atoms with Gasteiger partial charge in [0.1, 0.15) is 0 Å². The Hall–Kier alpha value is -3.12. The number of benzene rings is 2. The van der Waals surface area contributed by atoms with Crippen LogP contribution in [0, 0.1) is 5.92 Å². The molecular formula is C30H35ClFN5O4Si. The Labute approximate surface area is 250 Å². The van der Waals surface area contributed by atoms with E-state index >= 15 is 4.11 Å². The van der Waals surface area contributed by atoms with Gasteiger partial charge in [-0.15, -0.1) is 5.10 Å². The van der Waals surface area contributed by atoms with Gasteiger partial charge in [0.05, 0.1) is 24.0 Å². The largest absolute Gasteiger partial charge is 0.396 e. The molecule has 2 amide bonds. The Balaban J connectivity index is 1.33. The molecular weight excluding hydrogens is 577 g/mol. The SMILES string of the molecule is C[C@H]1[C@H]([Si](C)(C)F)[C@@H](CCn2cc(CCO)nn2)O[C@]12C(=O)N(Cc1cccc(N3CCC3=O)c1)c1ccc(Cl)cc12. The molecule has 222 valence electrons. The number of carbonyl (C=O) groups is 2. The van der Waals surface area contributed by atoms with Crippen molar-refractivity contribution >= 4 is 43.2 Å². The molecule has 12 heteroatoms. The number of aryl methyl sites for hydroxylation is 1. The summed E-state index contributed by atoms with van der Waals surface area (Å²) in [5.41, 5.74) is 1.91. The first kappa shape index (κ1) is 29.0. The number of aliphatic hydroxyl groups is 1. The van der Waals surface area contributed by atoms with E-state index in [0.29, 0.717) is 54.3 Å². The summed E-state index contributed by atoms with van der Waals surface area (Å²) in [6.45, 7) is 6.66. The van der Waals surface area contributed by atoms with Crippen molar-refractivity contribution in [1.29, 1.82) is 0 Å². The summed E-state index contributed by atoms with van der Waals surface area (Å²) in [5.74, 6) is -0.578. The Kier molecular flexibility index (Phi) is 7.49. The average molecular weight is 612 g/mol. The standard InChI is InChI=1S/C30H35ClFN5O4Si/c1-19-28(42(2,3)32)26(9-12-35-18-22(11-14-38)33-34-35)41-30(19)24-16-21(31)7-8-25(24)37(29(30)40)17-20-5-4-6-23(15-20)36-13-10-27(36)39/h4-8,15-16,18-19,26,28,38H,9-14,17H2,1-3H3/t19-,26+,28-,30+/m0/s1. The van der Waals surface area contributed by atoms with E-state index in [9.17, 15) is 14.7 Å². The molecule has 3 aliphatic rings. The molecule has 0 unspecified atom stereocenters. The second-order valence-corrected chi connectivity index (χ2v) is 16.3. The molecule has 42 heavy (non-hydrogen) atoms. The fraction of sp³-hybridized carbons (Fsp3) is 0.467. The van der Waals surface area contributed by atoms with Crippen molar-refractivity contribution in [3.8, 4) is 0 Å².